The van der Waals surface area contributed by atoms with Gasteiger partial charge in [0.2, 0.25) is 12.3 Å². The van der Waals surface area contributed by atoms with Gasteiger partial charge in [-0.2, -0.15) is 0 Å². The molecule has 2 rings (SSSR count). The Bertz CT molecular complexity index is 482. The lowest BCUT2D eigenvalue weighted by Crippen LogP contribution is -2.49. The zero-order valence-corrected chi connectivity index (χ0v) is 12.3. The van der Waals surface area contributed by atoms with Crippen molar-refractivity contribution in [2.24, 2.45) is 0 Å². The van der Waals surface area contributed by atoms with Crippen molar-refractivity contribution < 1.29 is 9.59 Å². The highest BCUT2D eigenvalue weighted by atomic mass is 35.5. The summed E-state index contributed by atoms with van der Waals surface area (Å²) in [6.45, 7) is 2.37. The fraction of sp³-hybridized carbons (Fsp3) is 0.385. The van der Waals surface area contributed by atoms with E-state index in [2.05, 4.69) is 5.32 Å². The Balaban J connectivity index is 1.88. The second kappa shape index (κ2) is 6.81. The van der Waals surface area contributed by atoms with E-state index in [0.717, 1.165) is 6.41 Å². The fourth-order valence-electron chi connectivity index (χ4n) is 2.02. The predicted molar refractivity (Wildman–Crippen MR) is 79.2 cm³/mol. The number of anilines is 1. The molecule has 7 heteroatoms. The summed E-state index contributed by atoms with van der Waals surface area (Å²) in [4.78, 5) is 26.0. The first kappa shape index (κ1) is 14.9. The standard InChI is InChI=1S/C13H15Cl2N3O2/c14-10-2-1-3-11(15)13(10)16-8-12(20)18-6-4-17(9-19)5-7-18/h1-3,9,16H,4-8H2. The van der Waals surface area contributed by atoms with Gasteiger partial charge in [0, 0.05) is 26.2 Å². The fourth-order valence-corrected chi connectivity index (χ4v) is 2.55. The average molecular weight is 316 g/mol. The molecule has 0 atom stereocenters. The predicted octanol–water partition coefficient (Wildman–Crippen LogP) is 1.71. The van der Waals surface area contributed by atoms with Crippen molar-refractivity contribution in [3.63, 3.8) is 0 Å². The van der Waals surface area contributed by atoms with Gasteiger partial charge in [-0.25, -0.2) is 0 Å². The molecule has 1 fully saturated rings. The Kier molecular flexibility index (Phi) is 5.09. The van der Waals surface area contributed by atoms with Crippen LogP contribution in [0, 0.1) is 0 Å². The zero-order valence-electron chi connectivity index (χ0n) is 10.8. The van der Waals surface area contributed by atoms with E-state index in [-0.39, 0.29) is 12.5 Å². The van der Waals surface area contributed by atoms with Gasteiger partial charge < -0.3 is 15.1 Å². The summed E-state index contributed by atoms with van der Waals surface area (Å²) < 4.78 is 0. The van der Waals surface area contributed by atoms with Crippen molar-refractivity contribution in [3.8, 4) is 0 Å². The maximum Gasteiger partial charge on any atom is 0.241 e. The van der Waals surface area contributed by atoms with Crippen molar-refractivity contribution in [1.29, 1.82) is 0 Å². The quantitative estimate of drug-likeness (QED) is 0.861. The number of hydrogen-bond acceptors (Lipinski definition) is 3. The minimum Gasteiger partial charge on any atom is -0.374 e. The topological polar surface area (TPSA) is 52.7 Å². The summed E-state index contributed by atoms with van der Waals surface area (Å²) in [5.74, 6) is -0.0356. The largest absolute Gasteiger partial charge is 0.374 e. The molecule has 0 spiro atoms. The molecule has 0 aliphatic carbocycles. The molecule has 0 aromatic heterocycles. The summed E-state index contributed by atoms with van der Waals surface area (Å²) >= 11 is 12.0. The molecule has 20 heavy (non-hydrogen) atoms. The third kappa shape index (κ3) is 3.55. The van der Waals surface area contributed by atoms with E-state index in [1.54, 1.807) is 28.0 Å². The van der Waals surface area contributed by atoms with Crippen LogP contribution in [0.3, 0.4) is 0 Å². The minimum absolute atomic E-state index is 0.0356. The second-order valence-electron chi connectivity index (χ2n) is 4.47. The minimum atomic E-state index is -0.0356. The molecule has 1 N–H and O–H groups in total. The number of nitrogens with one attached hydrogen (secondary N) is 1. The third-order valence-corrected chi connectivity index (χ3v) is 3.83. The van der Waals surface area contributed by atoms with Crippen LogP contribution in [0.5, 0.6) is 0 Å². The first-order valence-corrected chi connectivity index (χ1v) is 7.02. The molecule has 108 valence electrons. The lowest BCUT2D eigenvalue weighted by molar-refractivity contribution is -0.133. The van der Waals surface area contributed by atoms with Crippen molar-refractivity contribution in [3.05, 3.63) is 28.2 Å². The summed E-state index contributed by atoms with van der Waals surface area (Å²) in [7, 11) is 0. The van der Waals surface area contributed by atoms with Gasteiger partial charge in [0.15, 0.2) is 0 Å². The number of para-hydroxylation sites is 1. The van der Waals surface area contributed by atoms with Gasteiger partial charge in [-0.05, 0) is 12.1 Å². The molecule has 5 nitrogen and oxygen atoms in total. The number of halogens is 2. The molecule has 0 bridgehead atoms. The van der Waals surface area contributed by atoms with E-state index in [9.17, 15) is 9.59 Å². The Labute approximate surface area is 127 Å². The Morgan fingerprint density at radius 1 is 1.20 bits per heavy atom. The SMILES string of the molecule is O=CN1CCN(C(=O)CNc2c(Cl)cccc2Cl)CC1. The number of carbonyl (C=O) groups excluding carboxylic acids is 2. The lowest BCUT2D eigenvalue weighted by Gasteiger charge is -2.32. The Hall–Kier alpha value is -1.46. The second-order valence-corrected chi connectivity index (χ2v) is 5.29. The van der Waals surface area contributed by atoms with Crippen LogP contribution < -0.4 is 5.32 Å². The van der Waals surface area contributed by atoms with Crippen LogP contribution in [-0.4, -0.2) is 54.8 Å². The lowest BCUT2D eigenvalue weighted by atomic mass is 10.3. The maximum atomic E-state index is 12.1. The highest BCUT2D eigenvalue weighted by molar-refractivity contribution is 6.39. The molecule has 0 radical (unpaired) electrons. The molecular formula is C13H15Cl2N3O2. The average Bonchev–Trinajstić information content (AvgIpc) is 2.46. The van der Waals surface area contributed by atoms with Gasteiger partial charge >= 0.3 is 0 Å². The smallest absolute Gasteiger partial charge is 0.241 e. The molecule has 0 unspecified atom stereocenters. The van der Waals surface area contributed by atoms with E-state index < -0.39 is 0 Å². The monoisotopic (exact) mass is 315 g/mol. The number of benzene rings is 1. The molecule has 0 saturated carbocycles. The van der Waals surface area contributed by atoms with Crippen LogP contribution in [-0.2, 0) is 9.59 Å². The Morgan fingerprint density at radius 2 is 1.80 bits per heavy atom. The highest BCUT2D eigenvalue weighted by Gasteiger charge is 2.20. The normalized spacial score (nSPS) is 15.1. The van der Waals surface area contributed by atoms with E-state index in [0.29, 0.717) is 41.9 Å². The summed E-state index contributed by atoms with van der Waals surface area (Å²) in [5.41, 5.74) is 0.565. The molecular weight excluding hydrogens is 301 g/mol. The van der Waals surface area contributed by atoms with Crippen molar-refractivity contribution in [2.75, 3.05) is 38.0 Å². The third-order valence-electron chi connectivity index (χ3n) is 3.20. The van der Waals surface area contributed by atoms with Crippen LogP contribution in [0.2, 0.25) is 10.0 Å². The van der Waals surface area contributed by atoms with Crippen LogP contribution in [0.4, 0.5) is 5.69 Å². The molecule has 1 aromatic carbocycles. The Morgan fingerprint density at radius 3 is 2.35 bits per heavy atom. The summed E-state index contributed by atoms with van der Waals surface area (Å²) in [6, 6.07) is 5.17. The molecule has 1 aliphatic heterocycles. The number of piperazine rings is 1. The van der Waals surface area contributed by atoms with Crippen LogP contribution in [0.15, 0.2) is 18.2 Å². The molecule has 1 aliphatic rings. The van der Waals surface area contributed by atoms with E-state index in [1.807, 2.05) is 0 Å². The van der Waals surface area contributed by atoms with Gasteiger partial charge in [-0.1, -0.05) is 29.3 Å². The van der Waals surface area contributed by atoms with Gasteiger partial charge in [-0.15, -0.1) is 0 Å². The van der Waals surface area contributed by atoms with Gasteiger partial charge in [0.1, 0.15) is 0 Å². The van der Waals surface area contributed by atoms with Gasteiger partial charge in [-0.3, -0.25) is 9.59 Å². The first-order chi connectivity index (χ1) is 9.61. The molecule has 1 heterocycles. The maximum absolute atomic E-state index is 12.1. The van der Waals surface area contributed by atoms with E-state index >= 15 is 0 Å². The van der Waals surface area contributed by atoms with E-state index in [1.165, 1.54) is 0 Å². The summed E-state index contributed by atoms with van der Waals surface area (Å²) in [5, 5.41) is 3.93. The highest BCUT2D eigenvalue weighted by Crippen LogP contribution is 2.29. The van der Waals surface area contributed by atoms with Crippen molar-refractivity contribution >= 4 is 41.2 Å². The molecule has 1 aromatic rings. The van der Waals surface area contributed by atoms with Gasteiger partial charge in [0.05, 0.1) is 22.3 Å². The van der Waals surface area contributed by atoms with Crippen molar-refractivity contribution in [1.82, 2.24) is 9.80 Å². The van der Waals surface area contributed by atoms with Gasteiger partial charge in [0.25, 0.3) is 0 Å². The molecule has 1 saturated heterocycles. The number of rotatable bonds is 4. The van der Waals surface area contributed by atoms with E-state index in [4.69, 9.17) is 23.2 Å². The van der Waals surface area contributed by atoms with Crippen LogP contribution >= 0.6 is 23.2 Å². The zero-order chi connectivity index (χ0) is 14.5. The number of hydrogen-bond donors (Lipinski definition) is 1. The number of amides is 2. The van der Waals surface area contributed by atoms with Crippen LogP contribution in [0.1, 0.15) is 0 Å². The van der Waals surface area contributed by atoms with Crippen LogP contribution in [0.25, 0.3) is 0 Å². The summed E-state index contributed by atoms with van der Waals surface area (Å²) in [6.07, 6.45) is 0.809. The van der Waals surface area contributed by atoms with Crippen molar-refractivity contribution in [2.45, 2.75) is 0 Å². The number of carbonyl (C=O) groups is 2. The number of nitrogens with zero attached hydrogens (tertiary/aromatic N) is 2. The molecule has 2 amide bonds. The first-order valence-electron chi connectivity index (χ1n) is 6.27.